The van der Waals surface area contributed by atoms with Crippen molar-refractivity contribution in [2.75, 3.05) is 19.7 Å². The summed E-state index contributed by atoms with van der Waals surface area (Å²) in [6, 6.07) is 5.73. The van der Waals surface area contributed by atoms with Crippen LogP contribution in [0.25, 0.3) is 0 Å². The number of piperidine rings is 1. The quantitative estimate of drug-likeness (QED) is 0.795. The molecule has 5 nitrogen and oxygen atoms in total. The van der Waals surface area contributed by atoms with Crippen molar-refractivity contribution in [2.24, 2.45) is 5.92 Å². The summed E-state index contributed by atoms with van der Waals surface area (Å²) in [6.07, 6.45) is 5.08. The van der Waals surface area contributed by atoms with E-state index in [0.717, 1.165) is 44.7 Å². The SMILES string of the molecule is Cc1cnc(C)n1CCC1CCN(C(=O)COc2ccc(F)cc2)CC1. The van der Waals surface area contributed by atoms with Gasteiger partial charge < -0.3 is 14.2 Å². The lowest BCUT2D eigenvalue weighted by molar-refractivity contribution is -0.134. The molecule has 1 aromatic carbocycles. The first-order valence-corrected chi connectivity index (χ1v) is 9.18. The van der Waals surface area contributed by atoms with Crippen LogP contribution < -0.4 is 4.74 Å². The van der Waals surface area contributed by atoms with Crippen molar-refractivity contribution < 1.29 is 13.9 Å². The summed E-state index contributed by atoms with van der Waals surface area (Å²) in [6.45, 7) is 6.67. The molecule has 2 aromatic rings. The number of rotatable bonds is 6. The van der Waals surface area contributed by atoms with E-state index in [-0.39, 0.29) is 18.3 Å². The van der Waals surface area contributed by atoms with Crippen LogP contribution in [0.5, 0.6) is 5.75 Å². The Morgan fingerprint density at radius 1 is 1.23 bits per heavy atom. The molecule has 1 aromatic heterocycles. The summed E-state index contributed by atoms with van der Waals surface area (Å²) in [5, 5.41) is 0. The molecule has 0 N–H and O–H groups in total. The van der Waals surface area contributed by atoms with Crippen LogP contribution in [0.1, 0.15) is 30.8 Å². The maximum Gasteiger partial charge on any atom is 0.260 e. The molecule has 0 saturated carbocycles. The van der Waals surface area contributed by atoms with Crippen LogP contribution in [0.3, 0.4) is 0 Å². The maximum atomic E-state index is 12.9. The number of imidazole rings is 1. The lowest BCUT2D eigenvalue weighted by Crippen LogP contribution is -2.41. The minimum atomic E-state index is -0.313. The highest BCUT2D eigenvalue weighted by Gasteiger charge is 2.23. The lowest BCUT2D eigenvalue weighted by Gasteiger charge is -2.32. The third-order valence-corrected chi connectivity index (χ3v) is 5.16. The third kappa shape index (κ3) is 4.62. The Bertz CT molecular complexity index is 715. The summed E-state index contributed by atoms with van der Waals surface area (Å²) < 4.78 is 20.6. The van der Waals surface area contributed by atoms with Gasteiger partial charge in [0.25, 0.3) is 5.91 Å². The largest absolute Gasteiger partial charge is 0.484 e. The Morgan fingerprint density at radius 3 is 2.54 bits per heavy atom. The van der Waals surface area contributed by atoms with Gasteiger partial charge in [-0.15, -0.1) is 0 Å². The molecule has 26 heavy (non-hydrogen) atoms. The van der Waals surface area contributed by atoms with Crippen molar-refractivity contribution in [3.63, 3.8) is 0 Å². The molecule has 0 spiro atoms. The predicted molar refractivity (Wildman–Crippen MR) is 97.5 cm³/mol. The number of carbonyl (C=O) groups is 1. The van der Waals surface area contributed by atoms with Gasteiger partial charge in [0.2, 0.25) is 0 Å². The molecule has 0 radical (unpaired) electrons. The summed E-state index contributed by atoms with van der Waals surface area (Å²) in [7, 11) is 0. The zero-order chi connectivity index (χ0) is 18.5. The fourth-order valence-electron chi connectivity index (χ4n) is 3.47. The van der Waals surface area contributed by atoms with E-state index >= 15 is 0 Å². The zero-order valence-electron chi connectivity index (χ0n) is 15.4. The van der Waals surface area contributed by atoms with Gasteiger partial charge >= 0.3 is 0 Å². The number of hydrogen-bond donors (Lipinski definition) is 0. The van der Waals surface area contributed by atoms with E-state index < -0.39 is 0 Å². The number of amides is 1. The smallest absolute Gasteiger partial charge is 0.260 e. The second kappa shape index (κ2) is 8.34. The van der Waals surface area contributed by atoms with Crippen LogP contribution in [0, 0.1) is 25.6 Å². The van der Waals surface area contributed by atoms with E-state index in [0.29, 0.717) is 11.7 Å². The Morgan fingerprint density at radius 2 is 1.92 bits per heavy atom. The summed E-state index contributed by atoms with van der Waals surface area (Å²) in [5.41, 5.74) is 1.20. The molecule has 1 fully saturated rings. The van der Waals surface area contributed by atoms with Crippen LogP contribution in [0.15, 0.2) is 30.5 Å². The molecule has 0 atom stereocenters. The first-order chi connectivity index (χ1) is 12.5. The van der Waals surface area contributed by atoms with Crippen molar-refractivity contribution in [1.82, 2.24) is 14.5 Å². The van der Waals surface area contributed by atoms with Gasteiger partial charge in [-0.2, -0.15) is 0 Å². The van der Waals surface area contributed by atoms with Gasteiger partial charge in [0.05, 0.1) is 0 Å². The standard InChI is InChI=1S/C20H26FN3O2/c1-15-13-22-16(2)24(15)12-9-17-7-10-23(11-8-17)20(25)14-26-19-5-3-18(21)4-6-19/h3-6,13,17H,7-12,14H2,1-2H3. The highest BCUT2D eigenvalue weighted by Crippen LogP contribution is 2.22. The number of halogens is 1. The van der Waals surface area contributed by atoms with Gasteiger partial charge in [-0.3, -0.25) is 4.79 Å². The second-order valence-electron chi connectivity index (χ2n) is 6.95. The van der Waals surface area contributed by atoms with E-state index in [1.54, 1.807) is 0 Å². The van der Waals surface area contributed by atoms with Crippen LogP contribution >= 0.6 is 0 Å². The van der Waals surface area contributed by atoms with Crippen molar-refractivity contribution in [3.05, 3.63) is 47.8 Å². The molecule has 1 amide bonds. The van der Waals surface area contributed by atoms with Crippen molar-refractivity contribution >= 4 is 5.91 Å². The van der Waals surface area contributed by atoms with Gasteiger partial charge in [-0.1, -0.05) is 0 Å². The van der Waals surface area contributed by atoms with Gasteiger partial charge in [-0.25, -0.2) is 9.37 Å². The monoisotopic (exact) mass is 359 g/mol. The number of carbonyl (C=O) groups excluding carboxylic acids is 1. The van der Waals surface area contributed by atoms with E-state index in [1.165, 1.54) is 30.0 Å². The molecule has 0 unspecified atom stereocenters. The number of benzene rings is 1. The highest BCUT2D eigenvalue weighted by molar-refractivity contribution is 5.77. The van der Waals surface area contributed by atoms with Crippen LogP contribution in [-0.2, 0) is 11.3 Å². The van der Waals surface area contributed by atoms with Crippen molar-refractivity contribution in [2.45, 2.75) is 39.7 Å². The minimum Gasteiger partial charge on any atom is -0.484 e. The molecule has 1 aliphatic heterocycles. The Kier molecular flexibility index (Phi) is 5.91. The van der Waals surface area contributed by atoms with Crippen LogP contribution in [0.2, 0.25) is 0 Å². The van der Waals surface area contributed by atoms with Crippen LogP contribution in [-0.4, -0.2) is 40.1 Å². The average Bonchev–Trinajstić information content (AvgIpc) is 2.97. The lowest BCUT2D eigenvalue weighted by atomic mass is 9.93. The highest BCUT2D eigenvalue weighted by atomic mass is 19.1. The Hall–Kier alpha value is -2.37. The van der Waals surface area contributed by atoms with Crippen molar-refractivity contribution in [1.29, 1.82) is 0 Å². The topological polar surface area (TPSA) is 47.4 Å². The maximum absolute atomic E-state index is 12.9. The molecular formula is C20H26FN3O2. The van der Waals surface area contributed by atoms with E-state index in [1.807, 2.05) is 18.0 Å². The van der Waals surface area contributed by atoms with Gasteiger partial charge in [-0.05, 0) is 63.3 Å². The third-order valence-electron chi connectivity index (χ3n) is 5.16. The first-order valence-electron chi connectivity index (χ1n) is 9.18. The van der Waals surface area contributed by atoms with Crippen molar-refractivity contribution in [3.8, 4) is 5.75 Å². The first kappa shape index (κ1) is 18.4. The fourth-order valence-corrected chi connectivity index (χ4v) is 3.47. The number of aryl methyl sites for hydroxylation is 2. The fraction of sp³-hybridized carbons (Fsp3) is 0.500. The summed E-state index contributed by atoms with van der Waals surface area (Å²) in [5.74, 6) is 1.90. The van der Waals surface area contributed by atoms with Crippen LogP contribution in [0.4, 0.5) is 4.39 Å². The van der Waals surface area contributed by atoms with E-state index in [9.17, 15) is 9.18 Å². The molecule has 0 aliphatic carbocycles. The van der Waals surface area contributed by atoms with Gasteiger partial charge in [0.1, 0.15) is 17.4 Å². The number of nitrogens with zero attached hydrogens (tertiary/aromatic N) is 3. The molecule has 3 rings (SSSR count). The molecule has 1 saturated heterocycles. The second-order valence-corrected chi connectivity index (χ2v) is 6.95. The Labute approximate surface area is 153 Å². The normalized spacial score (nSPS) is 15.3. The predicted octanol–water partition coefficient (Wildman–Crippen LogP) is 3.35. The minimum absolute atomic E-state index is 0.00370. The molecule has 140 valence electrons. The number of aromatic nitrogens is 2. The molecular weight excluding hydrogens is 333 g/mol. The van der Waals surface area contributed by atoms with Gasteiger partial charge in [0, 0.05) is 31.5 Å². The van der Waals surface area contributed by atoms with E-state index in [2.05, 4.69) is 16.5 Å². The number of ether oxygens (including phenoxy) is 1. The number of likely N-dealkylation sites (tertiary alicyclic amines) is 1. The number of hydrogen-bond acceptors (Lipinski definition) is 3. The van der Waals surface area contributed by atoms with E-state index in [4.69, 9.17) is 4.74 Å². The molecule has 6 heteroatoms. The summed E-state index contributed by atoms with van der Waals surface area (Å²) in [4.78, 5) is 18.5. The molecule has 0 bridgehead atoms. The molecule has 2 heterocycles. The summed E-state index contributed by atoms with van der Waals surface area (Å²) >= 11 is 0. The Balaban J connectivity index is 1.40. The zero-order valence-corrected chi connectivity index (χ0v) is 15.4. The molecule has 1 aliphatic rings. The van der Waals surface area contributed by atoms with Gasteiger partial charge in [0.15, 0.2) is 6.61 Å². The average molecular weight is 359 g/mol.